The summed E-state index contributed by atoms with van der Waals surface area (Å²) in [6.45, 7) is 1.85. The number of nitrogens with zero attached hydrogens (tertiary/aromatic N) is 3. The minimum Gasteiger partial charge on any atom is -0.348 e. The Balaban J connectivity index is 1.47. The lowest BCUT2D eigenvalue weighted by Crippen LogP contribution is -2.26. The quantitative estimate of drug-likeness (QED) is 0.794. The van der Waals surface area contributed by atoms with Crippen molar-refractivity contribution in [2.24, 2.45) is 0 Å². The number of thiazole rings is 1. The molecule has 2 atom stereocenters. The number of carbonyl (C=O) groups is 1. The maximum absolute atomic E-state index is 12.6. The Kier molecular flexibility index (Phi) is 3.82. The average molecular weight is 336 g/mol. The van der Waals surface area contributed by atoms with Gasteiger partial charge in [0.15, 0.2) is 10.8 Å². The summed E-state index contributed by atoms with van der Waals surface area (Å²) in [5.41, 5.74) is 2.00. The first-order valence-electron chi connectivity index (χ1n) is 7.83. The number of aromatic nitrogens is 3. The number of hydrogen-bond acceptors (Lipinski definition) is 5. The summed E-state index contributed by atoms with van der Waals surface area (Å²) >= 11 is 1.34. The normalized spacial score (nSPS) is 19.0. The van der Waals surface area contributed by atoms with E-state index >= 15 is 0 Å². The average Bonchev–Trinajstić information content (AvgIpc) is 3.27. The van der Waals surface area contributed by atoms with E-state index < -0.39 is 0 Å². The summed E-state index contributed by atoms with van der Waals surface area (Å²) in [5, 5.41) is 3.79. The maximum Gasteiger partial charge on any atom is 0.263 e. The van der Waals surface area contributed by atoms with E-state index in [4.69, 9.17) is 0 Å². The first kappa shape index (κ1) is 15.0. The van der Waals surface area contributed by atoms with Crippen molar-refractivity contribution in [3.05, 3.63) is 64.9 Å². The molecule has 4 rings (SSSR count). The van der Waals surface area contributed by atoms with Crippen LogP contribution in [0.4, 0.5) is 0 Å². The van der Waals surface area contributed by atoms with Crippen LogP contribution < -0.4 is 5.32 Å². The zero-order chi connectivity index (χ0) is 16.5. The Morgan fingerprint density at radius 1 is 1.17 bits per heavy atom. The predicted molar refractivity (Wildman–Crippen MR) is 92.9 cm³/mol. The highest BCUT2D eigenvalue weighted by molar-refractivity contribution is 7.17. The van der Waals surface area contributed by atoms with Crippen LogP contribution in [0.2, 0.25) is 0 Å². The van der Waals surface area contributed by atoms with Crippen LogP contribution in [0.3, 0.4) is 0 Å². The molecule has 1 aliphatic rings. The van der Waals surface area contributed by atoms with Gasteiger partial charge in [0, 0.05) is 24.4 Å². The number of nitrogens with one attached hydrogen (secondary N) is 1. The monoisotopic (exact) mass is 336 g/mol. The van der Waals surface area contributed by atoms with Crippen molar-refractivity contribution in [1.82, 2.24) is 20.3 Å². The molecule has 1 aromatic carbocycles. The van der Waals surface area contributed by atoms with Crippen LogP contribution in [-0.2, 0) is 0 Å². The molecule has 1 aliphatic carbocycles. The Morgan fingerprint density at radius 3 is 2.67 bits per heavy atom. The van der Waals surface area contributed by atoms with Crippen molar-refractivity contribution in [2.45, 2.75) is 25.3 Å². The molecule has 0 bridgehead atoms. The largest absolute Gasteiger partial charge is 0.348 e. The SMILES string of the molecule is Cc1nc(-c2ncccn2)sc1C(=O)N[C@@H]1C[C@@H]1c1ccccc1. The molecule has 24 heavy (non-hydrogen) atoms. The Morgan fingerprint density at radius 2 is 1.92 bits per heavy atom. The fraction of sp³-hybridized carbons (Fsp3) is 0.222. The van der Waals surface area contributed by atoms with Crippen molar-refractivity contribution in [1.29, 1.82) is 0 Å². The fourth-order valence-electron chi connectivity index (χ4n) is 2.77. The van der Waals surface area contributed by atoms with E-state index in [1.54, 1.807) is 18.5 Å². The topological polar surface area (TPSA) is 67.8 Å². The molecule has 5 nitrogen and oxygen atoms in total. The molecule has 1 amide bonds. The summed E-state index contributed by atoms with van der Waals surface area (Å²) in [4.78, 5) is 26.0. The third kappa shape index (κ3) is 2.92. The van der Waals surface area contributed by atoms with Gasteiger partial charge in [0.2, 0.25) is 0 Å². The lowest BCUT2D eigenvalue weighted by atomic mass is 10.1. The molecule has 2 aromatic heterocycles. The van der Waals surface area contributed by atoms with Crippen molar-refractivity contribution >= 4 is 17.2 Å². The van der Waals surface area contributed by atoms with Crippen LogP contribution in [0.1, 0.15) is 33.3 Å². The van der Waals surface area contributed by atoms with Gasteiger partial charge in [-0.1, -0.05) is 30.3 Å². The highest BCUT2D eigenvalue weighted by atomic mass is 32.1. The summed E-state index contributed by atoms with van der Waals surface area (Å²) in [6.07, 6.45) is 4.34. The lowest BCUT2D eigenvalue weighted by Gasteiger charge is -2.03. The van der Waals surface area contributed by atoms with Crippen molar-refractivity contribution in [3.63, 3.8) is 0 Å². The maximum atomic E-state index is 12.6. The second-order valence-electron chi connectivity index (χ2n) is 5.84. The second kappa shape index (κ2) is 6.13. The highest BCUT2D eigenvalue weighted by Crippen LogP contribution is 2.41. The first-order chi connectivity index (χ1) is 11.7. The molecule has 2 heterocycles. The van der Waals surface area contributed by atoms with Crippen LogP contribution in [-0.4, -0.2) is 26.9 Å². The molecule has 0 spiro atoms. The van der Waals surface area contributed by atoms with E-state index in [2.05, 4.69) is 32.4 Å². The molecule has 0 radical (unpaired) electrons. The van der Waals surface area contributed by atoms with E-state index in [1.807, 2.05) is 25.1 Å². The van der Waals surface area contributed by atoms with Gasteiger partial charge >= 0.3 is 0 Å². The number of aryl methyl sites for hydroxylation is 1. The molecule has 1 saturated carbocycles. The Bertz CT molecular complexity index is 863. The van der Waals surface area contributed by atoms with Gasteiger partial charge in [-0.15, -0.1) is 11.3 Å². The van der Waals surface area contributed by atoms with Gasteiger partial charge in [-0.05, 0) is 25.0 Å². The first-order valence-corrected chi connectivity index (χ1v) is 8.64. The van der Waals surface area contributed by atoms with E-state index in [-0.39, 0.29) is 11.9 Å². The van der Waals surface area contributed by atoms with E-state index in [0.29, 0.717) is 21.6 Å². The van der Waals surface area contributed by atoms with Gasteiger partial charge in [0.05, 0.1) is 5.69 Å². The fourth-order valence-corrected chi connectivity index (χ4v) is 3.69. The smallest absolute Gasteiger partial charge is 0.263 e. The molecule has 0 saturated heterocycles. The highest BCUT2D eigenvalue weighted by Gasteiger charge is 2.39. The number of rotatable bonds is 4. The summed E-state index contributed by atoms with van der Waals surface area (Å²) < 4.78 is 0. The summed E-state index contributed by atoms with van der Waals surface area (Å²) in [7, 11) is 0. The van der Waals surface area contributed by atoms with Gasteiger partial charge in [0.1, 0.15) is 4.88 Å². The molecule has 0 unspecified atom stereocenters. The summed E-state index contributed by atoms with van der Waals surface area (Å²) in [6, 6.07) is 12.3. The molecule has 0 aliphatic heterocycles. The third-order valence-corrected chi connectivity index (χ3v) is 5.25. The standard InChI is InChI=1S/C18H16N4OS/c1-11-15(24-18(21-11)16-19-8-5-9-20-16)17(23)22-14-10-13(14)12-6-3-2-4-7-12/h2-9,13-14H,10H2,1H3,(H,22,23)/t13-,14-/m1/s1. The van der Waals surface area contributed by atoms with Gasteiger partial charge in [-0.3, -0.25) is 4.79 Å². The minimum atomic E-state index is -0.0596. The van der Waals surface area contributed by atoms with Crippen LogP contribution in [0, 0.1) is 6.92 Å². The van der Waals surface area contributed by atoms with Gasteiger partial charge in [-0.25, -0.2) is 15.0 Å². The van der Waals surface area contributed by atoms with E-state index in [9.17, 15) is 4.79 Å². The minimum absolute atomic E-state index is 0.0596. The number of hydrogen-bond donors (Lipinski definition) is 1. The Labute approximate surface area is 143 Å². The van der Waals surface area contributed by atoms with E-state index in [0.717, 1.165) is 12.1 Å². The zero-order valence-corrected chi connectivity index (χ0v) is 14.0. The van der Waals surface area contributed by atoms with Crippen molar-refractivity contribution < 1.29 is 4.79 Å². The molecule has 120 valence electrons. The van der Waals surface area contributed by atoms with Gasteiger partial charge in [-0.2, -0.15) is 0 Å². The van der Waals surface area contributed by atoms with E-state index in [1.165, 1.54) is 16.9 Å². The molecular weight excluding hydrogens is 320 g/mol. The molecular formula is C18H16N4OS. The summed E-state index contributed by atoms with van der Waals surface area (Å²) in [5.74, 6) is 0.911. The Hall–Kier alpha value is -2.60. The molecule has 1 fully saturated rings. The lowest BCUT2D eigenvalue weighted by molar-refractivity contribution is 0.0953. The van der Waals surface area contributed by atoms with Crippen LogP contribution in [0.5, 0.6) is 0 Å². The van der Waals surface area contributed by atoms with Crippen LogP contribution in [0.25, 0.3) is 10.8 Å². The van der Waals surface area contributed by atoms with Crippen molar-refractivity contribution in [2.75, 3.05) is 0 Å². The molecule has 6 heteroatoms. The zero-order valence-electron chi connectivity index (χ0n) is 13.1. The second-order valence-corrected chi connectivity index (χ2v) is 6.84. The molecule has 3 aromatic rings. The predicted octanol–water partition coefficient (Wildman–Crippen LogP) is 3.19. The van der Waals surface area contributed by atoms with Crippen molar-refractivity contribution in [3.8, 4) is 10.8 Å². The number of carbonyl (C=O) groups excluding carboxylic acids is 1. The molecule has 1 N–H and O–H groups in total. The third-order valence-electron chi connectivity index (χ3n) is 4.09. The van der Waals surface area contributed by atoms with Gasteiger partial charge in [0.25, 0.3) is 5.91 Å². The number of amides is 1. The van der Waals surface area contributed by atoms with Gasteiger partial charge < -0.3 is 5.32 Å². The van der Waals surface area contributed by atoms with Crippen LogP contribution >= 0.6 is 11.3 Å². The van der Waals surface area contributed by atoms with Crippen LogP contribution in [0.15, 0.2) is 48.8 Å². The number of benzene rings is 1.